The van der Waals surface area contributed by atoms with Gasteiger partial charge in [0.15, 0.2) is 0 Å². The van der Waals surface area contributed by atoms with Gasteiger partial charge in [-0.15, -0.1) is 0 Å². The van der Waals surface area contributed by atoms with E-state index in [1.807, 2.05) is 11.8 Å². The van der Waals surface area contributed by atoms with Gasteiger partial charge in [0.1, 0.15) is 5.54 Å². The minimum atomic E-state index is -0.498. The predicted molar refractivity (Wildman–Crippen MR) is 86.7 cm³/mol. The molecule has 1 aliphatic heterocycles. The van der Waals surface area contributed by atoms with Crippen molar-refractivity contribution in [2.75, 3.05) is 13.7 Å². The van der Waals surface area contributed by atoms with E-state index in [-0.39, 0.29) is 12.0 Å². The first kappa shape index (κ1) is 17.1. The fraction of sp³-hybridized carbons (Fsp3) is 0.938. The summed E-state index contributed by atoms with van der Waals surface area (Å²) in [6.45, 7) is 7.22. The van der Waals surface area contributed by atoms with Crippen LogP contribution in [-0.4, -0.2) is 47.9 Å². The predicted octanol–water partition coefficient (Wildman–Crippen LogP) is 2.75. The average Bonchev–Trinajstić information content (AvgIpc) is 2.83. The van der Waals surface area contributed by atoms with Crippen molar-refractivity contribution in [3.8, 4) is 0 Å². The third kappa shape index (κ3) is 4.14. The summed E-state index contributed by atoms with van der Waals surface area (Å²) in [5, 5.41) is 4.58. The molecule has 0 radical (unpaired) electrons. The van der Waals surface area contributed by atoms with Crippen molar-refractivity contribution in [2.24, 2.45) is 0 Å². The Balaban J connectivity index is 2.03. The third-order valence-electron chi connectivity index (χ3n) is 4.52. The molecular weight excluding hydrogens is 286 g/mol. The molecule has 2 aliphatic rings. The van der Waals surface area contributed by atoms with E-state index in [1.165, 1.54) is 13.5 Å². The van der Waals surface area contributed by atoms with Crippen LogP contribution in [0.1, 0.15) is 52.9 Å². The molecule has 122 valence electrons. The molecule has 1 saturated carbocycles. The van der Waals surface area contributed by atoms with Gasteiger partial charge >= 0.3 is 5.97 Å². The molecule has 1 saturated heterocycles. The number of hydrogen-bond acceptors (Lipinski definition) is 5. The molecular formula is C16H29NO3S. The molecule has 0 aromatic carbocycles. The topological polar surface area (TPSA) is 47.6 Å². The number of methoxy groups -OCH3 is 1. The number of thioether (sulfide) groups is 1. The minimum Gasteiger partial charge on any atom is -0.468 e. The van der Waals surface area contributed by atoms with Crippen LogP contribution >= 0.6 is 11.8 Å². The zero-order valence-electron chi connectivity index (χ0n) is 13.7. The molecule has 4 unspecified atom stereocenters. The summed E-state index contributed by atoms with van der Waals surface area (Å²) in [5.74, 6) is -0.0998. The Morgan fingerprint density at radius 1 is 1.43 bits per heavy atom. The second-order valence-corrected chi connectivity index (χ2v) is 8.17. The zero-order valence-corrected chi connectivity index (χ0v) is 14.5. The van der Waals surface area contributed by atoms with Gasteiger partial charge in [0.25, 0.3) is 0 Å². The summed E-state index contributed by atoms with van der Waals surface area (Å²) in [7, 11) is 1.50. The van der Waals surface area contributed by atoms with Crippen LogP contribution < -0.4 is 5.32 Å². The van der Waals surface area contributed by atoms with Crippen LogP contribution in [0, 0.1) is 0 Å². The number of carbonyl (C=O) groups is 1. The molecule has 1 aliphatic carbocycles. The maximum absolute atomic E-state index is 12.4. The fourth-order valence-corrected chi connectivity index (χ4v) is 5.31. The maximum atomic E-state index is 12.4. The average molecular weight is 315 g/mol. The van der Waals surface area contributed by atoms with E-state index in [1.54, 1.807) is 0 Å². The van der Waals surface area contributed by atoms with Gasteiger partial charge in [-0.25, -0.2) is 0 Å². The first-order valence-corrected chi connectivity index (χ1v) is 9.04. The summed E-state index contributed by atoms with van der Waals surface area (Å²) < 4.78 is 10.8. The van der Waals surface area contributed by atoms with Crippen LogP contribution in [-0.2, 0) is 14.3 Å². The van der Waals surface area contributed by atoms with Crippen molar-refractivity contribution in [3.63, 3.8) is 0 Å². The smallest absolute Gasteiger partial charge is 0.326 e. The highest BCUT2D eigenvalue weighted by Gasteiger charge is 2.45. The van der Waals surface area contributed by atoms with Gasteiger partial charge in [-0.05, 0) is 52.9 Å². The minimum absolute atomic E-state index is 0.0998. The fourth-order valence-electron chi connectivity index (χ4n) is 3.60. The van der Waals surface area contributed by atoms with Crippen LogP contribution in [0.4, 0.5) is 0 Å². The quantitative estimate of drug-likeness (QED) is 0.791. The zero-order chi connectivity index (χ0) is 15.5. The van der Waals surface area contributed by atoms with E-state index in [0.717, 1.165) is 32.3 Å². The van der Waals surface area contributed by atoms with E-state index in [0.29, 0.717) is 16.6 Å². The summed E-state index contributed by atoms with van der Waals surface area (Å²) in [6.07, 6.45) is 5.48. The molecule has 21 heavy (non-hydrogen) atoms. The molecule has 0 aromatic rings. The maximum Gasteiger partial charge on any atom is 0.326 e. The molecule has 1 heterocycles. The van der Waals surface area contributed by atoms with Crippen LogP contribution in [0.3, 0.4) is 0 Å². The lowest BCUT2D eigenvalue weighted by Crippen LogP contribution is -2.58. The van der Waals surface area contributed by atoms with Gasteiger partial charge < -0.3 is 9.47 Å². The number of carbonyl (C=O) groups excluding carboxylic acids is 1. The summed E-state index contributed by atoms with van der Waals surface area (Å²) in [6, 6.07) is 0.279. The second-order valence-electron chi connectivity index (χ2n) is 6.63. The lowest BCUT2D eigenvalue weighted by Gasteiger charge is -2.41. The Morgan fingerprint density at radius 3 is 2.76 bits per heavy atom. The lowest BCUT2D eigenvalue weighted by molar-refractivity contribution is -0.150. The Bertz CT molecular complexity index is 363. The molecule has 2 fully saturated rings. The SMILES string of the molecule is COC(=O)C1(NC(C)C)CCCC(SC2CCOC2C)C1. The van der Waals surface area contributed by atoms with E-state index in [9.17, 15) is 4.79 Å². The van der Waals surface area contributed by atoms with E-state index in [4.69, 9.17) is 9.47 Å². The molecule has 0 aromatic heterocycles. The first-order valence-electron chi connectivity index (χ1n) is 8.10. The number of hydrogen-bond donors (Lipinski definition) is 1. The van der Waals surface area contributed by atoms with Crippen LogP contribution in [0.15, 0.2) is 0 Å². The highest BCUT2D eigenvalue weighted by atomic mass is 32.2. The number of nitrogens with one attached hydrogen (secondary N) is 1. The number of esters is 1. The Kier molecular flexibility index (Phi) is 5.97. The summed E-state index contributed by atoms with van der Waals surface area (Å²) in [5.41, 5.74) is -0.498. The van der Waals surface area contributed by atoms with Crippen LogP contribution in [0.2, 0.25) is 0 Å². The lowest BCUT2D eigenvalue weighted by atomic mass is 9.81. The molecule has 4 nitrogen and oxygen atoms in total. The van der Waals surface area contributed by atoms with Crippen molar-refractivity contribution in [1.82, 2.24) is 5.32 Å². The van der Waals surface area contributed by atoms with Gasteiger partial charge in [0.2, 0.25) is 0 Å². The van der Waals surface area contributed by atoms with Crippen molar-refractivity contribution in [3.05, 3.63) is 0 Å². The van der Waals surface area contributed by atoms with Crippen molar-refractivity contribution < 1.29 is 14.3 Å². The van der Waals surface area contributed by atoms with Gasteiger partial charge in [-0.3, -0.25) is 10.1 Å². The molecule has 2 rings (SSSR count). The van der Waals surface area contributed by atoms with Gasteiger partial charge in [0, 0.05) is 23.1 Å². The monoisotopic (exact) mass is 315 g/mol. The van der Waals surface area contributed by atoms with Crippen LogP contribution in [0.25, 0.3) is 0 Å². The van der Waals surface area contributed by atoms with Crippen molar-refractivity contribution in [2.45, 2.75) is 81.1 Å². The highest BCUT2D eigenvalue weighted by molar-refractivity contribution is 8.00. The molecule has 0 bridgehead atoms. The standard InChI is InChI=1S/C16H29NO3S/c1-11(2)17-16(15(18)19-4)8-5-6-13(10-16)21-14-7-9-20-12(14)3/h11-14,17H,5-10H2,1-4H3. The van der Waals surface area contributed by atoms with Gasteiger partial charge in [0.05, 0.1) is 13.2 Å². The summed E-state index contributed by atoms with van der Waals surface area (Å²) in [4.78, 5) is 12.4. The largest absolute Gasteiger partial charge is 0.468 e. The van der Waals surface area contributed by atoms with Gasteiger partial charge in [-0.2, -0.15) is 11.8 Å². The number of rotatable bonds is 5. The highest BCUT2D eigenvalue weighted by Crippen LogP contribution is 2.40. The Labute approximate surface area is 132 Å². The number of ether oxygens (including phenoxy) is 2. The van der Waals surface area contributed by atoms with Crippen molar-refractivity contribution in [1.29, 1.82) is 0 Å². The molecule has 1 N–H and O–H groups in total. The second kappa shape index (κ2) is 7.34. The van der Waals surface area contributed by atoms with Crippen molar-refractivity contribution >= 4 is 17.7 Å². The van der Waals surface area contributed by atoms with Crippen LogP contribution in [0.5, 0.6) is 0 Å². The Morgan fingerprint density at radius 2 is 2.19 bits per heavy atom. The van der Waals surface area contributed by atoms with E-state index >= 15 is 0 Å². The Hall–Kier alpha value is -0.260. The van der Waals surface area contributed by atoms with Gasteiger partial charge in [-0.1, -0.05) is 0 Å². The normalized spacial score (nSPS) is 36.9. The molecule has 0 amide bonds. The molecule has 4 atom stereocenters. The molecule has 0 spiro atoms. The summed E-state index contributed by atoms with van der Waals surface area (Å²) >= 11 is 2.02. The first-order chi connectivity index (χ1) is 9.97. The van der Waals surface area contributed by atoms with E-state index in [2.05, 4.69) is 26.1 Å². The molecule has 5 heteroatoms. The third-order valence-corrected chi connectivity index (χ3v) is 6.28. The van der Waals surface area contributed by atoms with E-state index < -0.39 is 5.54 Å².